The van der Waals surface area contributed by atoms with Gasteiger partial charge < -0.3 is 20.3 Å². The normalized spacial score (nSPS) is 16.0. The molecule has 0 bridgehead atoms. The van der Waals surface area contributed by atoms with Crippen LogP contribution in [0.3, 0.4) is 0 Å². The van der Waals surface area contributed by atoms with E-state index in [9.17, 15) is 18.0 Å². The maximum absolute atomic E-state index is 13.1. The Hall–Kier alpha value is -3.44. The van der Waals surface area contributed by atoms with Gasteiger partial charge >= 0.3 is 18.1 Å². The number of piperidine rings is 1. The van der Waals surface area contributed by atoms with Gasteiger partial charge in [0.05, 0.1) is 31.0 Å². The molecule has 1 unspecified atom stereocenters. The van der Waals surface area contributed by atoms with Crippen molar-refractivity contribution in [3.8, 4) is 0 Å². The molecule has 8 nitrogen and oxygen atoms in total. The smallest absolute Gasteiger partial charge is 0.418 e. The molecule has 0 spiro atoms. The number of carboxylic acids is 2. The maximum atomic E-state index is 13.1. The number of carbonyl (C=O) groups is 3. The molecule has 0 radical (unpaired) electrons. The zero-order valence-corrected chi connectivity index (χ0v) is 18.8. The molecule has 1 amide bonds. The summed E-state index contributed by atoms with van der Waals surface area (Å²) in [5.41, 5.74) is 0.0757. The van der Waals surface area contributed by atoms with Crippen molar-refractivity contribution in [3.63, 3.8) is 0 Å². The maximum Gasteiger partial charge on any atom is 0.418 e. The fourth-order valence-electron chi connectivity index (χ4n) is 3.58. The van der Waals surface area contributed by atoms with Crippen molar-refractivity contribution in [3.05, 3.63) is 65.7 Å². The van der Waals surface area contributed by atoms with Crippen LogP contribution in [0.15, 0.2) is 54.6 Å². The van der Waals surface area contributed by atoms with Gasteiger partial charge in [0.15, 0.2) is 0 Å². The van der Waals surface area contributed by atoms with Gasteiger partial charge in [0.1, 0.15) is 0 Å². The van der Waals surface area contributed by atoms with Crippen LogP contribution in [0.2, 0.25) is 0 Å². The first kappa shape index (κ1) is 27.8. The van der Waals surface area contributed by atoms with E-state index in [1.807, 2.05) is 35.2 Å². The third-order valence-electron chi connectivity index (χ3n) is 5.12. The Labute approximate surface area is 200 Å². The van der Waals surface area contributed by atoms with Gasteiger partial charge in [0.25, 0.3) is 0 Å². The van der Waals surface area contributed by atoms with Gasteiger partial charge in [-0.15, -0.1) is 0 Å². The van der Waals surface area contributed by atoms with Gasteiger partial charge in [-0.25, -0.2) is 9.59 Å². The number of nitrogens with zero attached hydrogens (tertiary/aromatic N) is 1. The monoisotopic (exact) mass is 496 g/mol. The molecule has 3 rings (SSSR count). The van der Waals surface area contributed by atoms with Crippen LogP contribution in [0.25, 0.3) is 0 Å². The summed E-state index contributed by atoms with van der Waals surface area (Å²) in [5.74, 6) is -3.78. The molecular formula is C24H27F3N2O6. The van der Waals surface area contributed by atoms with Crippen molar-refractivity contribution in [2.75, 3.05) is 31.6 Å². The van der Waals surface area contributed by atoms with Gasteiger partial charge in [-0.1, -0.05) is 42.5 Å². The minimum Gasteiger partial charge on any atom is -0.473 e. The highest BCUT2D eigenvalue weighted by Gasteiger charge is 2.33. The lowest BCUT2D eigenvalue weighted by Crippen LogP contribution is -2.41. The quantitative estimate of drug-likeness (QED) is 0.500. The van der Waals surface area contributed by atoms with E-state index in [1.54, 1.807) is 0 Å². The van der Waals surface area contributed by atoms with Crippen LogP contribution >= 0.6 is 0 Å². The third kappa shape index (κ3) is 10.1. The molecule has 2 aromatic carbocycles. The third-order valence-corrected chi connectivity index (χ3v) is 5.12. The summed E-state index contributed by atoms with van der Waals surface area (Å²) in [5, 5.41) is 17.2. The number of rotatable bonds is 7. The zero-order valence-electron chi connectivity index (χ0n) is 18.8. The first-order valence-electron chi connectivity index (χ1n) is 10.8. The van der Waals surface area contributed by atoms with Crippen molar-refractivity contribution < 1.29 is 42.5 Å². The predicted molar refractivity (Wildman–Crippen MR) is 121 cm³/mol. The van der Waals surface area contributed by atoms with Crippen LogP contribution in [-0.4, -0.2) is 59.2 Å². The van der Waals surface area contributed by atoms with E-state index in [-0.39, 0.29) is 12.2 Å². The van der Waals surface area contributed by atoms with Crippen LogP contribution in [0, 0.1) is 5.92 Å². The Morgan fingerprint density at radius 3 is 2.26 bits per heavy atom. The molecule has 3 N–H and O–H groups in total. The van der Waals surface area contributed by atoms with Crippen molar-refractivity contribution in [1.29, 1.82) is 0 Å². The number of halogens is 3. The lowest BCUT2D eigenvalue weighted by atomic mass is 9.99. The van der Waals surface area contributed by atoms with Gasteiger partial charge in [-0.2, -0.15) is 13.2 Å². The highest BCUT2D eigenvalue weighted by Crippen LogP contribution is 2.34. The van der Waals surface area contributed by atoms with Crippen LogP contribution in [-0.2, 0) is 31.9 Å². The summed E-state index contributed by atoms with van der Waals surface area (Å²) in [6.45, 7) is 2.67. The summed E-state index contributed by atoms with van der Waals surface area (Å²) in [7, 11) is 0. The largest absolute Gasteiger partial charge is 0.473 e. The fraction of sp³-hybridized carbons (Fsp3) is 0.375. The number of carboxylic acid groups (broad SMARTS) is 2. The Kier molecular flexibility index (Phi) is 10.7. The molecule has 0 aliphatic carbocycles. The van der Waals surface area contributed by atoms with Crippen LogP contribution in [0.5, 0.6) is 0 Å². The molecule has 35 heavy (non-hydrogen) atoms. The standard InChI is InChI=1S/C22H25F3N2O2.C2H2O4/c23-22(24,25)19-10-4-5-11-20(19)26-21(28)14-27-12-6-9-18(13-27)16-29-15-17-7-2-1-3-8-17;3-1(4)2(5)6/h1-5,7-8,10-11,18H,6,9,12-16H2,(H,26,28);(H,3,4)(H,5,6). The summed E-state index contributed by atoms with van der Waals surface area (Å²) >= 11 is 0. The fourth-order valence-corrected chi connectivity index (χ4v) is 3.58. The number of hydrogen-bond donors (Lipinski definition) is 3. The first-order chi connectivity index (χ1) is 16.6. The van der Waals surface area contributed by atoms with E-state index in [0.29, 0.717) is 25.7 Å². The second-order valence-corrected chi connectivity index (χ2v) is 7.95. The van der Waals surface area contributed by atoms with Crippen LogP contribution in [0.1, 0.15) is 24.0 Å². The van der Waals surface area contributed by atoms with Gasteiger partial charge in [-0.3, -0.25) is 9.69 Å². The van der Waals surface area contributed by atoms with Crippen LogP contribution < -0.4 is 5.32 Å². The number of hydrogen-bond acceptors (Lipinski definition) is 5. The van der Waals surface area contributed by atoms with Crippen molar-refractivity contribution >= 4 is 23.5 Å². The number of ether oxygens (including phenoxy) is 1. The Bertz CT molecular complexity index is 973. The number of alkyl halides is 3. The second kappa shape index (κ2) is 13.4. The molecular weight excluding hydrogens is 469 g/mol. The summed E-state index contributed by atoms with van der Waals surface area (Å²) < 4.78 is 45.0. The van der Waals surface area contributed by atoms with Gasteiger partial charge in [0.2, 0.25) is 5.91 Å². The number of aliphatic carboxylic acids is 2. The number of nitrogens with one attached hydrogen (secondary N) is 1. The van der Waals surface area contributed by atoms with E-state index in [0.717, 1.165) is 31.0 Å². The van der Waals surface area contributed by atoms with E-state index in [4.69, 9.17) is 24.5 Å². The molecule has 1 aliphatic rings. The zero-order chi connectivity index (χ0) is 25.8. The number of likely N-dealkylation sites (tertiary alicyclic amines) is 1. The molecule has 1 fully saturated rings. The molecule has 190 valence electrons. The Morgan fingerprint density at radius 2 is 1.63 bits per heavy atom. The number of carbonyl (C=O) groups excluding carboxylic acids is 1. The van der Waals surface area contributed by atoms with Gasteiger partial charge in [-0.05, 0) is 43.0 Å². The van der Waals surface area contributed by atoms with Crippen molar-refractivity contribution in [1.82, 2.24) is 4.90 Å². The average molecular weight is 496 g/mol. The second-order valence-electron chi connectivity index (χ2n) is 7.95. The lowest BCUT2D eigenvalue weighted by Gasteiger charge is -2.32. The molecule has 1 heterocycles. The van der Waals surface area contributed by atoms with E-state index in [2.05, 4.69) is 5.32 Å². The molecule has 1 aliphatic heterocycles. The molecule has 1 saturated heterocycles. The molecule has 2 aromatic rings. The number of amides is 1. The molecule has 0 aromatic heterocycles. The average Bonchev–Trinajstić information content (AvgIpc) is 2.80. The first-order valence-corrected chi connectivity index (χ1v) is 10.8. The number of para-hydroxylation sites is 1. The van der Waals surface area contributed by atoms with Gasteiger partial charge in [0, 0.05) is 6.54 Å². The van der Waals surface area contributed by atoms with Crippen molar-refractivity contribution in [2.45, 2.75) is 25.6 Å². The predicted octanol–water partition coefficient (Wildman–Crippen LogP) is 3.73. The number of benzene rings is 2. The van der Waals surface area contributed by atoms with E-state index in [1.165, 1.54) is 18.2 Å². The minimum atomic E-state index is -4.50. The summed E-state index contributed by atoms with van der Waals surface area (Å²) in [6, 6.07) is 14.9. The summed E-state index contributed by atoms with van der Waals surface area (Å²) in [6.07, 6.45) is -2.55. The highest BCUT2D eigenvalue weighted by molar-refractivity contribution is 6.27. The molecule has 0 saturated carbocycles. The topological polar surface area (TPSA) is 116 Å². The lowest BCUT2D eigenvalue weighted by molar-refractivity contribution is -0.159. The molecule has 11 heteroatoms. The van der Waals surface area contributed by atoms with Crippen LogP contribution in [0.4, 0.5) is 18.9 Å². The number of anilines is 1. The molecule has 1 atom stereocenters. The Balaban J connectivity index is 0.000000641. The SMILES string of the molecule is O=C(CN1CCCC(COCc2ccccc2)C1)Nc1ccccc1C(F)(F)F.O=C(O)C(=O)O. The highest BCUT2D eigenvalue weighted by atomic mass is 19.4. The summed E-state index contributed by atoms with van der Waals surface area (Å²) in [4.78, 5) is 32.5. The van der Waals surface area contributed by atoms with Crippen molar-refractivity contribution in [2.24, 2.45) is 5.92 Å². The van der Waals surface area contributed by atoms with E-state index >= 15 is 0 Å². The minimum absolute atomic E-state index is 0.0708. The van der Waals surface area contributed by atoms with E-state index < -0.39 is 29.6 Å². The Morgan fingerprint density at radius 1 is 1.00 bits per heavy atom.